The molecule has 0 fully saturated rings. The Morgan fingerprint density at radius 3 is 3.12 bits per heavy atom. The summed E-state index contributed by atoms with van der Waals surface area (Å²) in [5.41, 5.74) is 3.35. The molecule has 0 aliphatic carbocycles. The van der Waals surface area contributed by atoms with Gasteiger partial charge in [0.05, 0.1) is 6.20 Å². The molecule has 0 aliphatic rings. The molecular formula is C10H16N6. The van der Waals surface area contributed by atoms with Crippen LogP contribution in [0.1, 0.15) is 19.8 Å². The van der Waals surface area contributed by atoms with Crippen LogP contribution in [-0.4, -0.2) is 20.9 Å². The van der Waals surface area contributed by atoms with Gasteiger partial charge in [-0.15, -0.1) is 0 Å². The number of rotatable bonds is 5. The van der Waals surface area contributed by atoms with Gasteiger partial charge in [-0.25, -0.2) is 15.8 Å². The van der Waals surface area contributed by atoms with E-state index in [9.17, 15) is 0 Å². The second-order valence-corrected chi connectivity index (χ2v) is 3.56. The summed E-state index contributed by atoms with van der Waals surface area (Å²) in [6, 6.07) is 0. The molecule has 0 radical (unpaired) electrons. The second-order valence-electron chi connectivity index (χ2n) is 3.56. The minimum absolute atomic E-state index is 0.615. The molecule has 0 unspecified atom stereocenters. The summed E-state index contributed by atoms with van der Waals surface area (Å²) in [5.74, 6) is 6.73. The maximum Gasteiger partial charge on any atom is 0.180 e. The van der Waals surface area contributed by atoms with Gasteiger partial charge < -0.3 is 15.1 Å². The fraction of sp³-hybridized carbons (Fsp3) is 0.400. The van der Waals surface area contributed by atoms with Gasteiger partial charge in [0.25, 0.3) is 0 Å². The highest BCUT2D eigenvalue weighted by Gasteiger charge is 2.05. The second kappa shape index (κ2) is 4.80. The monoisotopic (exact) mass is 220 g/mol. The van der Waals surface area contributed by atoms with Gasteiger partial charge in [-0.1, -0.05) is 13.3 Å². The van der Waals surface area contributed by atoms with Crippen molar-refractivity contribution in [3.05, 3.63) is 18.6 Å². The first-order valence-electron chi connectivity index (χ1n) is 5.39. The van der Waals surface area contributed by atoms with E-state index in [0.29, 0.717) is 5.82 Å². The SMILES string of the molecule is CCCCNc1nc(NN)cn2ccnc12. The third-order valence-corrected chi connectivity index (χ3v) is 2.34. The molecule has 6 heteroatoms. The van der Waals surface area contributed by atoms with E-state index in [1.165, 1.54) is 0 Å². The van der Waals surface area contributed by atoms with Crippen LogP contribution in [0.3, 0.4) is 0 Å². The molecule has 6 nitrogen and oxygen atoms in total. The molecule has 16 heavy (non-hydrogen) atoms. The van der Waals surface area contributed by atoms with Crippen LogP contribution in [0, 0.1) is 0 Å². The van der Waals surface area contributed by atoms with E-state index >= 15 is 0 Å². The zero-order chi connectivity index (χ0) is 11.4. The molecule has 0 aromatic carbocycles. The van der Waals surface area contributed by atoms with Crippen molar-refractivity contribution < 1.29 is 0 Å². The van der Waals surface area contributed by atoms with E-state index in [0.717, 1.165) is 30.9 Å². The summed E-state index contributed by atoms with van der Waals surface area (Å²) >= 11 is 0. The van der Waals surface area contributed by atoms with Gasteiger partial charge in [-0.3, -0.25) is 0 Å². The van der Waals surface area contributed by atoms with Gasteiger partial charge in [-0.2, -0.15) is 0 Å². The number of nitrogen functional groups attached to an aromatic ring is 1. The van der Waals surface area contributed by atoms with Gasteiger partial charge in [0.2, 0.25) is 0 Å². The number of hydrogen-bond acceptors (Lipinski definition) is 5. The summed E-state index contributed by atoms with van der Waals surface area (Å²) in [6.45, 7) is 3.04. The molecule has 2 aromatic heterocycles. The van der Waals surface area contributed by atoms with Crippen molar-refractivity contribution in [1.29, 1.82) is 0 Å². The van der Waals surface area contributed by atoms with Crippen LogP contribution >= 0.6 is 0 Å². The van der Waals surface area contributed by atoms with Crippen molar-refractivity contribution >= 4 is 17.3 Å². The fourth-order valence-electron chi connectivity index (χ4n) is 1.50. The summed E-state index contributed by atoms with van der Waals surface area (Å²) in [5, 5.41) is 3.26. The van der Waals surface area contributed by atoms with Crippen LogP contribution in [0.2, 0.25) is 0 Å². The highest BCUT2D eigenvalue weighted by atomic mass is 15.3. The molecule has 0 amide bonds. The van der Waals surface area contributed by atoms with Crippen molar-refractivity contribution in [1.82, 2.24) is 14.4 Å². The molecule has 2 rings (SSSR count). The van der Waals surface area contributed by atoms with Crippen molar-refractivity contribution in [2.24, 2.45) is 5.84 Å². The number of hydrazine groups is 1. The first kappa shape index (κ1) is 10.7. The van der Waals surface area contributed by atoms with Crippen molar-refractivity contribution in [3.63, 3.8) is 0 Å². The summed E-state index contributed by atoms with van der Waals surface area (Å²) in [4.78, 5) is 8.58. The average Bonchev–Trinajstić information content (AvgIpc) is 2.77. The van der Waals surface area contributed by atoms with Crippen molar-refractivity contribution in [2.45, 2.75) is 19.8 Å². The highest BCUT2D eigenvalue weighted by Crippen LogP contribution is 2.15. The Hall–Kier alpha value is -1.82. The van der Waals surface area contributed by atoms with Gasteiger partial charge >= 0.3 is 0 Å². The third kappa shape index (κ3) is 2.06. The minimum atomic E-state index is 0.615. The number of nitrogens with two attached hydrogens (primary N) is 1. The zero-order valence-corrected chi connectivity index (χ0v) is 9.27. The lowest BCUT2D eigenvalue weighted by Crippen LogP contribution is -2.12. The van der Waals surface area contributed by atoms with E-state index in [2.05, 4.69) is 27.6 Å². The Morgan fingerprint density at radius 2 is 2.38 bits per heavy atom. The van der Waals surface area contributed by atoms with E-state index in [4.69, 9.17) is 5.84 Å². The third-order valence-electron chi connectivity index (χ3n) is 2.34. The normalized spacial score (nSPS) is 10.6. The summed E-state index contributed by atoms with van der Waals surface area (Å²) in [7, 11) is 0. The van der Waals surface area contributed by atoms with E-state index in [1.807, 2.05) is 10.6 Å². The van der Waals surface area contributed by atoms with E-state index in [1.54, 1.807) is 12.4 Å². The largest absolute Gasteiger partial charge is 0.367 e. The molecule has 4 N–H and O–H groups in total. The summed E-state index contributed by atoms with van der Waals surface area (Å²) < 4.78 is 1.89. The number of nitrogens with one attached hydrogen (secondary N) is 2. The molecule has 0 spiro atoms. The van der Waals surface area contributed by atoms with Gasteiger partial charge in [0.15, 0.2) is 17.3 Å². The molecule has 2 aromatic rings. The highest BCUT2D eigenvalue weighted by molar-refractivity contribution is 5.65. The van der Waals surface area contributed by atoms with Crippen LogP contribution in [0.25, 0.3) is 5.65 Å². The molecule has 0 saturated heterocycles. The predicted octanol–water partition coefficient (Wildman–Crippen LogP) is 1.23. The predicted molar refractivity (Wildman–Crippen MR) is 64.2 cm³/mol. The van der Waals surface area contributed by atoms with E-state index in [-0.39, 0.29) is 0 Å². The smallest absolute Gasteiger partial charge is 0.180 e. The Kier molecular flexibility index (Phi) is 3.21. The van der Waals surface area contributed by atoms with Crippen molar-refractivity contribution in [3.8, 4) is 0 Å². The molecule has 0 bridgehead atoms. The van der Waals surface area contributed by atoms with Crippen LogP contribution in [-0.2, 0) is 0 Å². The van der Waals surface area contributed by atoms with Gasteiger partial charge in [-0.05, 0) is 6.42 Å². The van der Waals surface area contributed by atoms with Gasteiger partial charge in [0, 0.05) is 18.9 Å². The van der Waals surface area contributed by atoms with Crippen molar-refractivity contribution in [2.75, 3.05) is 17.3 Å². The van der Waals surface area contributed by atoms with Crippen LogP contribution in [0.15, 0.2) is 18.6 Å². The lowest BCUT2D eigenvalue weighted by atomic mass is 10.3. The maximum absolute atomic E-state index is 5.36. The molecule has 2 heterocycles. The number of hydrogen-bond donors (Lipinski definition) is 3. The quantitative estimate of drug-likeness (QED) is 0.401. The zero-order valence-electron chi connectivity index (χ0n) is 9.27. The standard InChI is InChI=1S/C10H16N6/c1-2-3-4-12-9-10-13-5-6-16(10)7-8(14-9)15-11/h5-7,15H,2-4,11H2,1H3,(H,12,14). The number of fused-ring (bicyclic) bond motifs is 1. The number of nitrogens with zero attached hydrogens (tertiary/aromatic N) is 3. The lowest BCUT2D eigenvalue weighted by molar-refractivity contribution is 0.830. The number of aromatic nitrogens is 3. The Morgan fingerprint density at radius 1 is 1.50 bits per heavy atom. The average molecular weight is 220 g/mol. The van der Waals surface area contributed by atoms with Crippen LogP contribution in [0.4, 0.5) is 11.6 Å². The Bertz CT molecular complexity index is 463. The number of anilines is 2. The number of unbranched alkanes of at least 4 members (excludes halogenated alkanes) is 1. The summed E-state index contributed by atoms with van der Waals surface area (Å²) in [6.07, 6.45) is 7.65. The molecular weight excluding hydrogens is 204 g/mol. The number of imidazole rings is 1. The maximum atomic E-state index is 5.36. The molecule has 86 valence electrons. The lowest BCUT2D eigenvalue weighted by Gasteiger charge is -2.08. The van der Waals surface area contributed by atoms with Gasteiger partial charge in [0.1, 0.15) is 0 Å². The Labute approximate surface area is 93.9 Å². The van der Waals surface area contributed by atoms with Crippen LogP contribution in [0.5, 0.6) is 0 Å². The Balaban J connectivity index is 2.29. The fourth-order valence-corrected chi connectivity index (χ4v) is 1.50. The topological polar surface area (TPSA) is 80.3 Å². The first-order valence-corrected chi connectivity index (χ1v) is 5.39. The molecule has 0 saturated carbocycles. The molecule has 0 aliphatic heterocycles. The van der Waals surface area contributed by atoms with E-state index < -0.39 is 0 Å². The molecule has 0 atom stereocenters. The minimum Gasteiger partial charge on any atom is -0.367 e. The van der Waals surface area contributed by atoms with Crippen LogP contribution < -0.4 is 16.6 Å². The first-order chi connectivity index (χ1) is 7.85.